The molecule has 4 rings (SSSR count). The number of hydrazone groups is 1. The Balaban J connectivity index is 1.89. The molecule has 0 spiro atoms. The van der Waals surface area contributed by atoms with Crippen molar-refractivity contribution in [1.82, 2.24) is 4.78 Å². The normalized spacial score (nSPS) is 22.8. The lowest BCUT2D eigenvalue weighted by Gasteiger charge is -2.28. The number of fused-ring (bicyclic) bond motifs is 1. The lowest BCUT2D eigenvalue weighted by Crippen LogP contribution is -2.33. The highest BCUT2D eigenvalue weighted by molar-refractivity contribution is 7.68. The number of nitrogens with zero attached hydrogens (tertiary/aromatic N) is 2. The first-order valence-electron chi connectivity index (χ1n) is 9.38. The molecule has 1 fully saturated rings. The third-order valence-corrected chi connectivity index (χ3v) is 8.23. The summed E-state index contributed by atoms with van der Waals surface area (Å²) in [5, 5.41) is 4.55. The minimum absolute atomic E-state index is 0.113. The summed E-state index contributed by atoms with van der Waals surface area (Å²) < 4.78 is 7.00. The van der Waals surface area contributed by atoms with Gasteiger partial charge in [0.1, 0.15) is 0 Å². The Hall–Kier alpha value is -2.19. The van der Waals surface area contributed by atoms with Gasteiger partial charge in [0.2, 0.25) is 0 Å². The molecule has 0 N–H and O–H groups in total. The zero-order valence-electron chi connectivity index (χ0n) is 16.2. The van der Waals surface area contributed by atoms with E-state index < -0.39 is 8.07 Å². The zero-order valence-corrected chi connectivity index (χ0v) is 17.1. The molecule has 1 amide bonds. The number of carbonyl (C=O) groups is 1. The highest BCUT2D eigenvalue weighted by atomic mass is 31.1. The van der Waals surface area contributed by atoms with Crippen molar-refractivity contribution in [2.24, 2.45) is 10.5 Å². The van der Waals surface area contributed by atoms with E-state index in [1.807, 2.05) is 19.1 Å². The van der Waals surface area contributed by atoms with Gasteiger partial charge in [0.05, 0.1) is 31.2 Å². The molecule has 27 heavy (non-hydrogen) atoms. The maximum Gasteiger partial charge on any atom is 0.433 e. The van der Waals surface area contributed by atoms with Gasteiger partial charge in [-0.2, -0.15) is 9.88 Å². The molecule has 2 aromatic rings. The molecule has 0 saturated carbocycles. The van der Waals surface area contributed by atoms with Crippen LogP contribution in [0.25, 0.3) is 0 Å². The van der Waals surface area contributed by atoms with E-state index in [2.05, 4.69) is 69.3 Å². The average Bonchev–Trinajstić information content (AvgIpc) is 3.15. The van der Waals surface area contributed by atoms with E-state index in [9.17, 15) is 4.79 Å². The summed E-state index contributed by atoms with van der Waals surface area (Å²) in [4.78, 5) is 12.7. The third kappa shape index (κ3) is 2.70. The molecule has 2 unspecified atom stereocenters. The summed E-state index contributed by atoms with van der Waals surface area (Å²) in [5.74, 6) is 0. The van der Waals surface area contributed by atoms with Crippen molar-refractivity contribution >= 4 is 19.9 Å². The Kier molecular flexibility index (Phi) is 4.35. The van der Waals surface area contributed by atoms with Crippen molar-refractivity contribution in [3.05, 3.63) is 71.8 Å². The van der Waals surface area contributed by atoms with Gasteiger partial charge in [-0.15, -0.1) is 0 Å². The number of hydrogen-bond donors (Lipinski definition) is 0. The molecule has 4 nitrogen and oxygen atoms in total. The van der Waals surface area contributed by atoms with Crippen LogP contribution in [0.5, 0.6) is 0 Å². The number of hydrogen-bond acceptors (Lipinski definition) is 3. The average molecular weight is 380 g/mol. The second-order valence-electron chi connectivity index (χ2n) is 7.97. The summed E-state index contributed by atoms with van der Waals surface area (Å²) in [6.07, 6.45) is -0.332. The van der Waals surface area contributed by atoms with Gasteiger partial charge < -0.3 is 4.74 Å². The van der Waals surface area contributed by atoms with E-state index in [1.54, 1.807) is 4.78 Å². The maximum absolute atomic E-state index is 12.7. The molecule has 5 heteroatoms. The SMILES string of the molecule is CCOC(=O)N1N=C(C(C)(C)C)C2P1C2(c1ccccc1)c1ccccc1. The van der Waals surface area contributed by atoms with Crippen LogP contribution in [-0.4, -0.2) is 28.9 Å². The molecule has 2 aliphatic heterocycles. The number of carbonyl (C=O) groups excluding carboxylic acids is 1. The first kappa shape index (κ1) is 18.2. The number of ether oxygens (including phenoxy) is 1. The third-order valence-electron chi connectivity index (χ3n) is 5.23. The summed E-state index contributed by atoms with van der Waals surface area (Å²) >= 11 is 0. The molecule has 140 valence electrons. The van der Waals surface area contributed by atoms with E-state index in [1.165, 1.54) is 11.1 Å². The van der Waals surface area contributed by atoms with Crippen LogP contribution in [-0.2, 0) is 9.89 Å². The van der Waals surface area contributed by atoms with Gasteiger partial charge in [0, 0.05) is 5.41 Å². The Bertz CT molecular complexity index is 835. The van der Waals surface area contributed by atoms with Crippen LogP contribution in [0.1, 0.15) is 38.8 Å². The molecular formula is C22H25N2O2P. The first-order chi connectivity index (χ1) is 12.9. The predicted octanol–water partition coefficient (Wildman–Crippen LogP) is 5.58. The highest BCUT2D eigenvalue weighted by Gasteiger charge is 2.76. The van der Waals surface area contributed by atoms with E-state index in [-0.39, 0.29) is 22.3 Å². The van der Waals surface area contributed by atoms with Gasteiger partial charge in [-0.25, -0.2) is 4.79 Å². The van der Waals surface area contributed by atoms with Crippen LogP contribution in [0.2, 0.25) is 0 Å². The van der Waals surface area contributed by atoms with Gasteiger partial charge in [-0.3, -0.25) is 0 Å². The fraction of sp³-hybridized carbons (Fsp3) is 0.364. The van der Waals surface area contributed by atoms with E-state index in [0.717, 1.165) is 5.71 Å². The Morgan fingerprint density at radius 1 is 1.07 bits per heavy atom. The molecule has 0 aromatic heterocycles. The quantitative estimate of drug-likeness (QED) is 0.652. The molecule has 2 atom stereocenters. The summed E-state index contributed by atoms with van der Waals surface area (Å²) in [6, 6.07) is 21.1. The molecule has 2 heterocycles. The molecule has 0 radical (unpaired) electrons. The number of amides is 1. The van der Waals surface area contributed by atoms with Crippen molar-refractivity contribution in [3.63, 3.8) is 0 Å². The van der Waals surface area contributed by atoms with Crippen LogP contribution in [0, 0.1) is 5.41 Å². The van der Waals surface area contributed by atoms with Crippen LogP contribution in [0.3, 0.4) is 0 Å². The van der Waals surface area contributed by atoms with Crippen LogP contribution in [0.15, 0.2) is 65.8 Å². The van der Waals surface area contributed by atoms with E-state index in [4.69, 9.17) is 9.84 Å². The molecule has 1 saturated heterocycles. The van der Waals surface area contributed by atoms with E-state index in [0.29, 0.717) is 6.61 Å². The summed E-state index contributed by atoms with van der Waals surface area (Å²) in [5.41, 5.74) is 3.70. The molecule has 2 aliphatic rings. The fourth-order valence-corrected chi connectivity index (χ4v) is 7.63. The number of rotatable bonds is 3. The monoisotopic (exact) mass is 380 g/mol. The molecular weight excluding hydrogens is 355 g/mol. The van der Waals surface area contributed by atoms with Crippen molar-refractivity contribution in [2.45, 2.75) is 38.5 Å². The molecule has 0 aliphatic carbocycles. The van der Waals surface area contributed by atoms with Crippen molar-refractivity contribution in [3.8, 4) is 0 Å². The van der Waals surface area contributed by atoms with Crippen molar-refractivity contribution in [1.29, 1.82) is 0 Å². The zero-order chi connectivity index (χ0) is 19.2. The minimum Gasteiger partial charge on any atom is -0.448 e. The first-order valence-corrected chi connectivity index (χ1v) is 10.7. The van der Waals surface area contributed by atoms with Crippen molar-refractivity contribution < 1.29 is 9.53 Å². The van der Waals surface area contributed by atoms with Crippen LogP contribution in [0.4, 0.5) is 4.79 Å². The molecule has 0 bridgehead atoms. The topological polar surface area (TPSA) is 41.9 Å². The smallest absolute Gasteiger partial charge is 0.433 e. The van der Waals surface area contributed by atoms with Crippen molar-refractivity contribution in [2.75, 3.05) is 6.61 Å². The Morgan fingerprint density at radius 3 is 2.04 bits per heavy atom. The van der Waals surface area contributed by atoms with Gasteiger partial charge in [0.15, 0.2) is 0 Å². The van der Waals surface area contributed by atoms with Crippen LogP contribution < -0.4 is 0 Å². The standard InChI is InChI=1S/C22H25N2O2P/c1-5-26-20(25)24-23-18(21(2,3)4)19-22(27(19)24,16-12-8-6-9-13-16)17-14-10-7-11-15-17/h6-15,19H,5H2,1-4H3. The lowest BCUT2D eigenvalue weighted by atomic mass is 9.79. The predicted molar refractivity (Wildman–Crippen MR) is 110 cm³/mol. The second-order valence-corrected chi connectivity index (χ2v) is 10.3. The second kappa shape index (κ2) is 6.45. The Labute approximate surface area is 162 Å². The summed E-state index contributed by atoms with van der Waals surface area (Å²) in [7, 11) is -0.861. The van der Waals surface area contributed by atoms with E-state index >= 15 is 0 Å². The largest absolute Gasteiger partial charge is 0.448 e. The summed E-state index contributed by atoms with van der Waals surface area (Å²) in [6.45, 7) is 8.71. The number of benzene rings is 2. The lowest BCUT2D eigenvalue weighted by molar-refractivity contribution is 0.133. The van der Waals surface area contributed by atoms with Gasteiger partial charge in [-0.05, 0) is 18.1 Å². The van der Waals surface area contributed by atoms with Gasteiger partial charge >= 0.3 is 6.09 Å². The minimum atomic E-state index is -0.861. The fourth-order valence-electron chi connectivity index (χ4n) is 4.06. The maximum atomic E-state index is 12.7. The molecule has 2 aromatic carbocycles. The van der Waals surface area contributed by atoms with Gasteiger partial charge in [-0.1, -0.05) is 81.4 Å². The van der Waals surface area contributed by atoms with Crippen LogP contribution >= 0.6 is 8.07 Å². The van der Waals surface area contributed by atoms with Gasteiger partial charge in [0.25, 0.3) is 0 Å². The highest BCUT2D eigenvalue weighted by Crippen LogP contribution is 2.87. The Morgan fingerprint density at radius 2 is 1.59 bits per heavy atom.